The van der Waals surface area contributed by atoms with Crippen LogP contribution in [-0.4, -0.2) is 11.8 Å². The van der Waals surface area contributed by atoms with Crippen LogP contribution in [0, 0.1) is 11.8 Å². The molecule has 3 N–H and O–H groups in total. The van der Waals surface area contributed by atoms with Crippen LogP contribution < -0.4 is 11.1 Å². The van der Waals surface area contributed by atoms with E-state index in [1.54, 1.807) is 24.3 Å². The van der Waals surface area contributed by atoms with Gasteiger partial charge in [0.15, 0.2) is 0 Å². The summed E-state index contributed by atoms with van der Waals surface area (Å²) >= 11 is 5.79. The van der Waals surface area contributed by atoms with Gasteiger partial charge in [0.25, 0.3) is 0 Å². The third-order valence-corrected chi connectivity index (χ3v) is 3.83. The molecular formula is C14H17ClN2O2. The van der Waals surface area contributed by atoms with Gasteiger partial charge in [-0.25, -0.2) is 0 Å². The molecule has 0 aromatic heterocycles. The Bertz CT molecular complexity index is 473. The number of primary amides is 1. The number of carbonyl (C=O) groups is 2. The maximum atomic E-state index is 12.2. The van der Waals surface area contributed by atoms with E-state index in [2.05, 4.69) is 5.32 Å². The number of anilines is 1. The van der Waals surface area contributed by atoms with E-state index in [-0.39, 0.29) is 23.7 Å². The van der Waals surface area contributed by atoms with E-state index in [9.17, 15) is 9.59 Å². The van der Waals surface area contributed by atoms with Gasteiger partial charge in [-0.15, -0.1) is 0 Å². The van der Waals surface area contributed by atoms with Crippen molar-refractivity contribution in [2.24, 2.45) is 17.6 Å². The number of amides is 2. The standard InChI is InChI=1S/C14H17ClN2O2/c15-9-5-7-10(8-6-9)17-14(19)12-4-2-1-3-11(12)13(16)18/h5-8,11-12H,1-4H2,(H2,16,18)(H,17,19). The number of halogens is 1. The summed E-state index contributed by atoms with van der Waals surface area (Å²) < 4.78 is 0. The molecule has 4 nitrogen and oxygen atoms in total. The van der Waals surface area contributed by atoms with Crippen LogP contribution in [-0.2, 0) is 9.59 Å². The van der Waals surface area contributed by atoms with E-state index in [4.69, 9.17) is 17.3 Å². The lowest BCUT2D eigenvalue weighted by molar-refractivity contribution is -0.131. The highest BCUT2D eigenvalue weighted by Crippen LogP contribution is 2.31. The molecule has 0 spiro atoms. The first-order valence-electron chi connectivity index (χ1n) is 6.43. The number of benzene rings is 1. The molecule has 1 aromatic carbocycles. The fourth-order valence-corrected chi connectivity index (χ4v) is 2.68. The Morgan fingerprint density at radius 1 is 1.11 bits per heavy atom. The molecule has 1 fully saturated rings. The van der Waals surface area contributed by atoms with Crippen LogP contribution in [0.2, 0.25) is 5.02 Å². The molecule has 2 unspecified atom stereocenters. The minimum Gasteiger partial charge on any atom is -0.369 e. The lowest BCUT2D eigenvalue weighted by Gasteiger charge is -2.28. The lowest BCUT2D eigenvalue weighted by Crippen LogP contribution is -2.39. The van der Waals surface area contributed by atoms with E-state index < -0.39 is 0 Å². The Kier molecular flexibility index (Phi) is 4.43. The maximum absolute atomic E-state index is 12.2. The number of nitrogens with one attached hydrogen (secondary N) is 1. The topological polar surface area (TPSA) is 72.2 Å². The summed E-state index contributed by atoms with van der Waals surface area (Å²) in [7, 11) is 0. The summed E-state index contributed by atoms with van der Waals surface area (Å²) in [5, 5.41) is 3.43. The molecule has 1 aromatic rings. The van der Waals surface area contributed by atoms with Gasteiger partial charge in [-0.1, -0.05) is 24.4 Å². The molecule has 1 aliphatic carbocycles. The predicted octanol–water partition coefficient (Wildman–Crippen LogP) is 2.57. The van der Waals surface area contributed by atoms with Gasteiger partial charge in [0.1, 0.15) is 0 Å². The van der Waals surface area contributed by atoms with E-state index in [0.29, 0.717) is 23.6 Å². The fraction of sp³-hybridized carbons (Fsp3) is 0.429. The van der Waals surface area contributed by atoms with Crippen molar-refractivity contribution < 1.29 is 9.59 Å². The molecule has 0 radical (unpaired) electrons. The first kappa shape index (κ1) is 13.9. The highest BCUT2D eigenvalue weighted by atomic mass is 35.5. The van der Waals surface area contributed by atoms with E-state index in [1.165, 1.54) is 0 Å². The normalized spacial score (nSPS) is 22.8. The monoisotopic (exact) mass is 280 g/mol. The van der Waals surface area contributed by atoms with Crippen LogP contribution in [0.5, 0.6) is 0 Å². The number of carbonyl (C=O) groups excluding carboxylic acids is 2. The van der Waals surface area contributed by atoms with Crippen LogP contribution in [0.25, 0.3) is 0 Å². The highest BCUT2D eigenvalue weighted by molar-refractivity contribution is 6.30. The lowest BCUT2D eigenvalue weighted by atomic mass is 9.78. The van der Waals surface area contributed by atoms with Crippen molar-refractivity contribution in [3.63, 3.8) is 0 Å². The highest BCUT2D eigenvalue weighted by Gasteiger charge is 2.34. The molecule has 19 heavy (non-hydrogen) atoms. The van der Waals surface area contributed by atoms with Gasteiger partial charge in [-0.3, -0.25) is 9.59 Å². The molecule has 1 saturated carbocycles. The summed E-state index contributed by atoms with van der Waals surface area (Å²) in [6.07, 6.45) is 3.34. The minimum absolute atomic E-state index is 0.133. The Labute approximate surface area is 117 Å². The summed E-state index contributed by atoms with van der Waals surface area (Å²) in [6.45, 7) is 0. The molecule has 0 heterocycles. The van der Waals surface area contributed by atoms with E-state index in [1.807, 2.05) is 0 Å². The number of hydrogen-bond acceptors (Lipinski definition) is 2. The SMILES string of the molecule is NC(=O)C1CCCCC1C(=O)Nc1ccc(Cl)cc1. The van der Waals surface area contributed by atoms with Crippen molar-refractivity contribution in [3.8, 4) is 0 Å². The minimum atomic E-state index is -0.379. The number of nitrogens with two attached hydrogens (primary N) is 1. The summed E-state index contributed by atoms with van der Waals surface area (Å²) in [6, 6.07) is 6.90. The Morgan fingerprint density at radius 3 is 2.26 bits per heavy atom. The number of rotatable bonds is 3. The average Bonchev–Trinajstić information content (AvgIpc) is 2.41. The van der Waals surface area contributed by atoms with Gasteiger partial charge in [-0.05, 0) is 37.1 Å². The van der Waals surface area contributed by atoms with E-state index in [0.717, 1.165) is 12.8 Å². The third-order valence-electron chi connectivity index (χ3n) is 3.58. The molecule has 2 rings (SSSR count). The maximum Gasteiger partial charge on any atom is 0.228 e. The van der Waals surface area contributed by atoms with Crippen LogP contribution >= 0.6 is 11.6 Å². The summed E-state index contributed by atoms with van der Waals surface area (Å²) in [5.74, 6) is -1.18. The van der Waals surface area contributed by atoms with Gasteiger partial charge in [0.05, 0.1) is 0 Å². The predicted molar refractivity (Wildman–Crippen MR) is 74.7 cm³/mol. The molecule has 2 amide bonds. The Balaban J connectivity index is 2.05. The largest absolute Gasteiger partial charge is 0.369 e. The van der Waals surface area contributed by atoms with Gasteiger partial charge >= 0.3 is 0 Å². The van der Waals surface area contributed by atoms with Gasteiger partial charge in [0.2, 0.25) is 11.8 Å². The van der Waals surface area contributed by atoms with Crippen molar-refractivity contribution in [1.29, 1.82) is 0 Å². The van der Waals surface area contributed by atoms with Crippen LogP contribution in [0.1, 0.15) is 25.7 Å². The Morgan fingerprint density at radius 2 is 1.68 bits per heavy atom. The van der Waals surface area contributed by atoms with Gasteiger partial charge in [0, 0.05) is 22.5 Å². The molecule has 102 valence electrons. The van der Waals surface area contributed by atoms with Crippen LogP contribution in [0.15, 0.2) is 24.3 Å². The summed E-state index contributed by atoms with van der Waals surface area (Å²) in [5.41, 5.74) is 6.06. The second-order valence-electron chi connectivity index (χ2n) is 4.90. The smallest absolute Gasteiger partial charge is 0.228 e. The molecule has 0 saturated heterocycles. The molecule has 1 aliphatic rings. The summed E-state index contributed by atoms with van der Waals surface area (Å²) in [4.78, 5) is 23.6. The molecule has 2 atom stereocenters. The third kappa shape index (κ3) is 3.47. The zero-order chi connectivity index (χ0) is 13.8. The Hall–Kier alpha value is -1.55. The molecule has 5 heteroatoms. The van der Waals surface area contributed by atoms with Crippen molar-refractivity contribution >= 4 is 29.1 Å². The fourth-order valence-electron chi connectivity index (χ4n) is 2.55. The van der Waals surface area contributed by atoms with Crippen molar-refractivity contribution in [2.45, 2.75) is 25.7 Å². The molecule has 0 bridgehead atoms. The quantitative estimate of drug-likeness (QED) is 0.893. The van der Waals surface area contributed by atoms with Crippen LogP contribution in [0.4, 0.5) is 5.69 Å². The van der Waals surface area contributed by atoms with Crippen molar-refractivity contribution in [2.75, 3.05) is 5.32 Å². The van der Waals surface area contributed by atoms with E-state index >= 15 is 0 Å². The molecular weight excluding hydrogens is 264 g/mol. The second-order valence-corrected chi connectivity index (χ2v) is 5.33. The van der Waals surface area contributed by atoms with Gasteiger partial charge < -0.3 is 11.1 Å². The number of hydrogen-bond donors (Lipinski definition) is 2. The van der Waals surface area contributed by atoms with Crippen LogP contribution in [0.3, 0.4) is 0 Å². The first-order chi connectivity index (χ1) is 9.08. The van der Waals surface area contributed by atoms with Crippen molar-refractivity contribution in [1.82, 2.24) is 0 Å². The molecule has 0 aliphatic heterocycles. The second kappa shape index (κ2) is 6.06. The average molecular weight is 281 g/mol. The van der Waals surface area contributed by atoms with Crippen molar-refractivity contribution in [3.05, 3.63) is 29.3 Å². The van der Waals surface area contributed by atoms with Gasteiger partial charge in [-0.2, -0.15) is 0 Å². The first-order valence-corrected chi connectivity index (χ1v) is 6.81. The zero-order valence-corrected chi connectivity index (χ0v) is 11.3. The zero-order valence-electron chi connectivity index (χ0n) is 10.6.